The van der Waals surface area contributed by atoms with Gasteiger partial charge in [-0.25, -0.2) is 4.68 Å². The van der Waals surface area contributed by atoms with Crippen molar-refractivity contribution in [1.29, 1.82) is 5.26 Å². The fraction of sp³-hybridized carbons (Fsp3) is 0.318. The highest BCUT2D eigenvalue weighted by atomic mass is 32.2. The van der Waals surface area contributed by atoms with Crippen LogP contribution in [-0.4, -0.2) is 45.5 Å². The summed E-state index contributed by atoms with van der Waals surface area (Å²) in [7, 11) is 1.63. The minimum Gasteiger partial charge on any atom is -0.497 e. The summed E-state index contributed by atoms with van der Waals surface area (Å²) in [6.07, 6.45) is 0.263. The standard InChI is InChI=1S/C22H24N6O2S/c1-16-11-17(2)13-19(12-16)27(10-4-9-23)21(29)15-31-22-24-25-26-28(22)14-18-5-7-20(30-3)8-6-18/h5-8,11-13H,4,10,14-15H2,1-3H3. The molecule has 1 heterocycles. The lowest BCUT2D eigenvalue weighted by Gasteiger charge is -2.22. The number of aromatic nitrogens is 4. The third kappa shape index (κ3) is 6.06. The summed E-state index contributed by atoms with van der Waals surface area (Å²) in [5.74, 6) is 0.857. The Morgan fingerprint density at radius 3 is 2.55 bits per heavy atom. The molecular weight excluding hydrogens is 412 g/mol. The zero-order chi connectivity index (χ0) is 22.2. The van der Waals surface area contributed by atoms with Gasteiger partial charge in [0.15, 0.2) is 0 Å². The van der Waals surface area contributed by atoms with Crippen LogP contribution in [0.2, 0.25) is 0 Å². The van der Waals surface area contributed by atoms with Crippen molar-refractivity contribution in [2.75, 3.05) is 24.3 Å². The lowest BCUT2D eigenvalue weighted by Crippen LogP contribution is -2.33. The molecule has 0 fully saturated rings. The molecule has 0 aliphatic carbocycles. The number of nitriles is 1. The number of benzene rings is 2. The normalized spacial score (nSPS) is 10.5. The van der Waals surface area contributed by atoms with Crippen LogP contribution in [0.15, 0.2) is 47.6 Å². The van der Waals surface area contributed by atoms with Crippen LogP contribution in [0, 0.1) is 25.2 Å². The van der Waals surface area contributed by atoms with Gasteiger partial charge in [0.1, 0.15) is 5.75 Å². The summed E-state index contributed by atoms with van der Waals surface area (Å²) >= 11 is 1.28. The van der Waals surface area contributed by atoms with Gasteiger partial charge in [-0.3, -0.25) is 4.79 Å². The van der Waals surface area contributed by atoms with Crippen molar-refractivity contribution in [2.24, 2.45) is 0 Å². The number of rotatable bonds is 9. The van der Waals surface area contributed by atoms with E-state index in [9.17, 15) is 4.79 Å². The van der Waals surface area contributed by atoms with E-state index in [2.05, 4.69) is 27.7 Å². The van der Waals surface area contributed by atoms with Gasteiger partial charge in [-0.05, 0) is 65.2 Å². The maximum Gasteiger partial charge on any atom is 0.237 e. The van der Waals surface area contributed by atoms with E-state index in [0.29, 0.717) is 18.2 Å². The molecule has 0 spiro atoms. The molecule has 0 aliphatic heterocycles. The van der Waals surface area contributed by atoms with E-state index < -0.39 is 0 Å². The quantitative estimate of drug-likeness (QED) is 0.474. The van der Waals surface area contributed by atoms with E-state index in [4.69, 9.17) is 10.00 Å². The lowest BCUT2D eigenvalue weighted by atomic mass is 10.1. The highest BCUT2D eigenvalue weighted by Gasteiger charge is 2.18. The number of anilines is 1. The van der Waals surface area contributed by atoms with Crippen molar-refractivity contribution in [3.63, 3.8) is 0 Å². The monoisotopic (exact) mass is 436 g/mol. The number of ether oxygens (including phenoxy) is 1. The highest BCUT2D eigenvalue weighted by molar-refractivity contribution is 7.99. The number of carbonyl (C=O) groups is 1. The average molecular weight is 437 g/mol. The molecular formula is C22H24N6O2S. The van der Waals surface area contributed by atoms with Gasteiger partial charge in [0.05, 0.1) is 31.9 Å². The molecule has 3 aromatic rings. The molecule has 3 rings (SSSR count). The molecule has 8 nitrogen and oxygen atoms in total. The Hall–Kier alpha value is -3.38. The zero-order valence-corrected chi connectivity index (χ0v) is 18.6. The van der Waals surface area contributed by atoms with Gasteiger partial charge in [-0.2, -0.15) is 5.26 Å². The average Bonchev–Trinajstić information content (AvgIpc) is 3.19. The molecule has 31 heavy (non-hydrogen) atoms. The number of nitrogens with zero attached hydrogens (tertiary/aromatic N) is 6. The Morgan fingerprint density at radius 1 is 1.19 bits per heavy atom. The van der Waals surface area contributed by atoms with Crippen LogP contribution in [0.1, 0.15) is 23.1 Å². The van der Waals surface area contributed by atoms with Crippen molar-refractivity contribution in [1.82, 2.24) is 20.2 Å². The van der Waals surface area contributed by atoms with Gasteiger partial charge in [0, 0.05) is 12.2 Å². The van der Waals surface area contributed by atoms with Crippen LogP contribution in [0.25, 0.3) is 0 Å². The molecule has 0 aliphatic rings. The number of tetrazole rings is 1. The number of carbonyl (C=O) groups excluding carboxylic acids is 1. The summed E-state index contributed by atoms with van der Waals surface area (Å²) in [5, 5.41) is 21.4. The topological polar surface area (TPSA) is 96.9 Å². The first-order chi connectivity index (χ1) is 15.0. The largest absolute Gasteiger partial charge is 0.497 e. The smallest absolute Gasteiger partial charge is 0.237 e. The number of methoxy groups -OCH3 is 1. The SMILES string of the molecule is COc1ccc(Cn2nnnc2SCC(=O)N(CCC#N)c2cc(C)cc(C)c2)cc1. The van der Waals surface area contributed by atoms with E-state index in [1.165, 1.54) is 11.8 Å². The van der Waals surface area contributed by atoms with Crippen molar-refractivity contribution >= 4 is 23.4 Å². The number of hydrogen-bond donors (Lipinski definition) is 0. The molecule has 160 valence electrons. The summed E-state index contributed by atoms with van der Waals surface area (Å²) < 4.78 is 6.84. The second-order valence-electron chi connectivity index (χ2n) is 7.06. The molecule has 0 atom stereocenters. The third-order valence-corrected chi connectivity index (χ3v) is 5.52. The Kier molecular flexibility index (Phi) is 7.62. The molecule has 1 amide bonds. The van der Waals surface area contributed by atoms with Crippen molar-refractivity contribution in [3.05, 3.63) is 59.2 Å². The molecule has 2 aromatic carbocycles. The predicted molar refractivity (Wildman–Crippen MR) is 119 cm³/mol. The lowest BCUT2D eigenvalue weighted by molar-refractivity contribution is -0.116. The van der Waals surface area contributed by atoms with E-state index >= 15 is 0 Å². The first-order valence-corrected chi connectivity index (χ1v) is 10.8. The number of hydrogen-bond acceptors (Lipinski definition) is 7. The van der Waals surface area contributed by atoms with Crippen LogP contribution in [0.3, 0.4) is 0 Å². The third-order valence-electron chi connectivity index (χ3n) is 4.58. The molecule has 9 heteroatoms. The first kappa shape index (κ1) is 22.3. The summed E-state index contributed by atoms with van der Waals surface area (Å²) in [6, 6.07) is 15.8. The Morgan fingerprint density at radius 2 is 1.90 bits per heavy atom. The van der Waals surface area contributed by atoms with Crippen LogP contribution < -0.4 is 9.64 Å². The van der Waals surface area contributed by atoms with Gasteiger partial charge in [0.25, 0.3) is 0 Å². The maximum atomic E-state index is 13.0. The maximum absolute atomic E-state index is 13.0. The van der Waals surface area contributed by atoms with Gasteiger partial charge < -0.3 is 9.64 Å². The van der Waals surface area contributed by atoms with Crippen molar-refractivity contribution in [3.8, 4) is 11.8 Å². The van der Waals surface area contributed by atoms with E-state index in [0.717, 1.165) is 28.1 Å². The van der Waals surface area contributed by atoms with Crippen molar-refractivity contribution < 1.29 is 9.53 Å². The molecule has 0 bridgehead atoms. The van der Waals surface area contributed by atoms with E-state index in [1.807, 2.05) is 50.2 Å². The summed E-state index contributed by atoms with van der Waals surface area (Å²) in [4.78, 5) is 14.7. The number of thioether (sulfide) groups is 1. The second kappa shape index (κ2) is 10.6. The minimum atomic E-state index is -0.0933. The highest BCUT2D eigenvalue weighted by Crippen LogP contribution is 2.22. The van der Waals surface area contributed by atoms with Crippen LogP contribution in [-0.2, 0) is 11.3 Å². The molecule has 0 saturated carbocycles. The van der Waals surface area contributed by atoms with E-state index in [1.54, 1.807) is 16.7 Å². The first-order valence-electron chi connectivity index (χ1n) is 9.77. The van der Waals surface area contributed by atoms with E-state index in [-0.39, 0.29) is 18.1 Å². The molecule has 0 radical (unpaired) electrons. The Balaban J connectivity index is 1.69. The fourth-order valence-electron chi connectivity index (χ4n) is 3.17. The number of aryl methyl sites for hydroxylation is 2. The van der Waals surface area contributed by atoms with Gasteiger partial charge in [0.2, 0.25) is 11.1 Å². The zero-order valence-electron chi connectivity index (χ0n) is 17.8. The summed E-state index contributed by atoms with van der Waals surface area (Å²) in [6.45, 7) is 4.81. The fourth-order valence-corrected chi connectivity index (χ4v) is 3.93. The molecule has 0 unspecified atom stereocenters. The van der Waals surface area contributed by atoms with Gasteiger partial charge >= 0.3 is 0 Å². The Labute approximate surface area is 185 Å². The van der Waals surface area contributed by atoms with Gasteiger partial charge in [-0.1, -0.05) is 30.0 Å². The second-order valence-corrected chi connectivity index (χ2v) is 8.00. The summed E-state index contributed by atoms with van der Waals surface area (Å²) in [5.41, 5.74) is 3.96. The van der Waals surface area contributed by atoms with Crippen LogP contribution >= 0.6 is 11.8 Å². The molecule has 0 N–H and O–H groups in total. The molecule has 1 aromatic heterocycles. The van der Waals surface area contributed by atoms with Crippen LogP contribution in [0.4, 0.5) is 5.69 Å². The predicted octanol–water partition coefficient (Wildman–Crippen LogP) is 3.39. The van der Waals surface area contributed by atoms with Gasteiger partial charge in [-0.15, -0.1) is 5.10 Å². The number of amides is 1. The Bertz CT molecular complexity index is 1050. The van der Waals surface area contributed by atoms with Crippen molar-refractivity contribution in [2.45, 2.75) is 32.0 Å². The minimum absolute atomic E-state index is 0.0933. The van der Waals surface area contributed by atoms with Crippen LogP contribution in [0.5, 0.6) is 5.75 Å². The molecule has 0 saturated heterocycles.